The third-order valence-corrected chi connectivity index (χ3v) is 6.94. The molecule has 0 saturated carbocycles. The molecule has 9 heteroatoms. The molecule has 1 amide bonds. The average molecular weight is 476 g/mol. The molecule has 1 aliphatic rings. The van der Waals surface area contributed by atoms with E-state index in [-0.39, 0.29) is 5.91 Å². The molecule has 1 N–H and O–H groups in total. The van der Waals surface area contributed by atoms with E-state index in [0.717, 1.165) is 48.3 Å². The van der Waals surface area contributed by atoms with E-state index in [4.69, 9.17) is 9.84 Å². The number of carbonyl (C=O) groups excluding carboxylic acids is 1. The van der Waals surface area contributed by atoms with Crippen molar-refractivity contribution in [3.05, 3.63) is 42.0 Å². The van der Waals surface area contributed by atoms with Crippen molar-refractivity contribution in [2.75, 3.05) is 40.8 Å². The van der Waals surface area contributed by atoms with E-state index >= 15 is 0 Å². The molecule has 1 aromatic carbocycles. The molecule has 1 aliphatic heterocycles. The van der Waals surface area contributed by atoms with Crippen molar-refractivity contribution in [2.45, 2.75) is 38.5 Å². The summed E-state index contributed by atoms with van der Waals surface area (Å²) >= 11 is 0. The molecule has 4 heterocycles. The second-order valence-electron chi connectivity index (χ2n) is 9.97. The highest BCUT2D eigenvalue weighted by Gasteiger charge is 2.27. The monoisotopic (exact) mass is 475 g/mol. The number of nitrogens with zero attached hydrogens (tertiary/aromatic N) is 6. The Kier molecular flexibility index (Phi) is 6.19. The van der Waals surface area contributed by atoms with Crippen molar-refractivity contribution in [3.63, 3.8) is 0 Å². The number of aromatic amines is 1. The molecule has 0 radical (unpaired) electrons. The maximum atomic E-state index is 12.5. The van der Waals surface area contributed by atoms with Gasteiger partial charge in [-0.2, -0.15) is 10.2 Å². The van der Waals surface area contributed by atoms with Crippen LogP contribution >= 0.6 is 0 Å². The highest BCUT2D eigenvalue weighted by atomic mass is 16.5. The van der Waals surface area contributed by atoms with E-state index in [2.05, 4.69) is 41.2 Å². The molecule has 1 fully saturated rings. The van der Waals surface area contributed by atoms with Gasteiger partial charge in [-0.15, -0.1) is 0 Å². The number of pyridine rings is 1. The minimum Gasteiger partial charge on any atom is -0.493 e. The molecule has 0 unspecified atom stereocenters. The Hall–Kier alpha value is -3.46. The van der Waals surface area contributed by atoms with Gasteiger partial charge in [-0.25, -0.2) is 9.50 Å². The van der Waals surface area contributed by atoms with E-state index < -0.39 is 0 Å². The number of H-pyrrole nitrogens is 1. The first-order valence-corrected chi connectivity index (χ1v) is 12.2. The molecular formula is C26H33N7O2. The zero-order valence-corrected chi connectivity index (χ0v) is 21.1. The topological polar surface area (TPSA) is 91.7 Å². The third kappa shape index (κ3) is 4.36. The molecule has 0 bridgehead atoms. The summed E-state index contributed by atoms with van der Waals surface area (Å²) in [7, 11) is 5.52. The van der Waals surface area contributed by atoms with Gasteiger partial charge < -0.3 is 14.5 Å². The summed E-state index contributed by atoms with van der Waals surface area (Å²) < 4.78 is 7.35. The Labute approximate surface area is 205 Å². The van der Waals surface area contributed by atoms with Crippen LogP contribution in [0.2, 0.25) is 0 Å². The van der Waals surface area contributed by atoms with Gasteiger partial charge in [0.2, 0.25) is 5.91 Å². The summed E-state index contributed by atoms with van der Waals surface area (Å²) in [6.07, 6.45) is 5.39. The molecule has 5 rings (SSSR count). The second-order valence-corrected chi connectivity index (χ2v) is 9.97. The second kappa shape index (κ2) is 9.30. The lowest BCUT2D eigenvalue weighted by Crippen LogP contribution is -2.42. The van der Waals surface area contributed by atoms with Crippen molar-refractivity contribution in [3.8, 4) is 16.9 Å². The Balaban J connectivity index is 1.48. The smallest absolute Gasteiger partial charge is 0.236 e. The van der Waals surface area contributed by atoms with Gasteiger partial charge in [0.05, 0.1) is 24.9 Å². The van der Waals surface area contributed by atoms with Crippen LogP contribution in [0.3, 0.4) is 0 Å². The molecule has 3 aromatic heterocycles. The number of likely N-dealkylation sites (N-methyl/N-ethyl adjacent to an activating group) is 1. The number of nitrogens with one attached hydrogen (secondary N) is 1. The van der Waals surface area contributed by atoms with Crippen molar-refractivity contribution in [1.29, 1.82) is 0 Å². The fourth-order valence-electron chi connectivity index (χ4n) is 5.11. The SMILES string of the molecule is COc1cc(-c2cc3[nH]nc(C4CCN(C(=O)CN(C)C)CC4)c3cc2C(C)C)cn2ncnc12. The van der Waals surface area contributed by atoms with Gasteiger partial charge in [0.15, 0.2) is 11.4 Å². The first-order chi connectivity index (χ1) is 16.9. The first-order valence-electron chi connectivity index (χ1n) is 12.2. The van der Waals surface area contributed by atoms with Crippen LogP contribution in [0.4, 0.5) is 0 Å². The maximum Gasteiger partial charge on any atom is 0.236 e. The number of hydrogen-bond acceptors (Lipinski definition) is 6. The Bertz CT molecular complexity index is 1360. The number of ether oxygens (including phenoxy) is 1. The van der Waals surface area contributed by atoms with Crippen molar-refractivity contribution >= 4 is 22.5 Å². The van der Waals surface area contributed by atoms with Crippen LogP contribution in [0.25, 0.3) is 27.7 Å². The Morgan fingerprint density at radius 2 is 2.00 bits per heavy atom. The number of likely N-dealkylation sites (tertiary alicyclic amines) is 1. The summed E-state index contributed by atoms with van der Waals surface area (Å²) in [6, 6.07) is 6.50. The zero-order chi connectivity index (χ0) is 24.7. The van der Waals surface area contributed by atoms with Crippen LogP contribution in [0.15, 0.2) is 30.7 Å². The number of aromatic nitrogens is 5. The number of benzene rings is 1. The first kappa shape index (κ1) is 23.3. The van der Waals surface area contributed by atoms with Crippen molar-refractivity contribution in [1.82, 2.24) is 34.6 Å². The molecule has 4 aromatic rings. The van der Waals surface area contributed by atoms with Gasteiger partial charge in [0, 0.05) is 36.2 Å². The molecular weight excluding hydrogens is 442 g/mol. The largest absolute Gasteiger partial charge is 0.493 e. The third-order valence-electron chi connectivity index (χ3n) is 6.94. The van der Waals surface area contributed by atoms with E-state index in [1.165, 1.54) is 17.3 Å². The van der Waals surface area contributed by atoms with E-state index in [9.17, 15) is 4.79 Å². The van der Waals surface area contributed by atoms with Gasteiger partial charge in [0.25, 0.3) is 0 Å². The summed E-state index contributed by atoms with van der Waals surface area (Å²) in [5.41, 5.74) is 6.22. The van der Waals surface area contributed by atoms with Gasteiger partial charge in [-0.3, -0.25) is 9.89 Å². The standard InChI is InChI=1S/C26H33N7O2/c1-16(2)19-11-21-22(12-20(19)18-10-23(35-5)26-27-15-28-33(26)13-18)29-30-25(21)17-6-8-32(9-7-17)24(34)14-31(3)4/h10-13,15-17H,6-9,14H2,1-5H3,(H,29,30). The lowest BCUT2D eigenvalue weighted by Gasteiger charge is -2.32. The molecule has 184 valence electrons. The minimum absolute atomic E-state index is 0.201. The number of hydrogen-bond donors (Lipinski definition) is 1. The van der Waals surface area contributed by atoms with Gasteiger partial charge in [-0.1, -0.05) is 13.8 Å². The van der Waals surface area contributed by atoms with Crippen molar-refractivity contribution < 1.29 is 9.53 Å². The highest BCUT2D eigenvalue weighted by Crippen LogP contribution is 2.38. The fraction of sp³-hybridized carbons (Fsp3) is 0.462. The number of rotatable bonds is 6. The number of amides is 1. The zero-order valence-electron chi connectivity index (χ0n) is 21.1. The lowest BCUT2D eigenvalue weighted by molar-refractivity contribution is -0.132. The van der Waals surface area contributed by atoms with Crippen molar-refractivity contribution in [2.24, 2.45) is 0 Å². The van der Waals surface area contributed by atoms with Crippen LogP contribution in [0.1, 0.15) is 49.8 Å². The molecule has 0 aliphatic carbocycles. The number of piperidine rings is 1. The lowest BCUT2D eigenvalue weighted by atomic mass is 9.88. The molecule has 1 saturated heterocycles. The summed E-state index contributed by atoms with van der Waals surface area (Å²) in [4.78, 5) is 20.7. The fourth-order valence-corrected chi connectivity index (χ4v) is 5.11. The summed E-state index contributed by atoms with van der Waals surface area (Å²) in [5.74, 6) is 1.55. The van der Waals surface area contributed by atoms with Crippen LogP contribution in [-0.4, -0.2) is 81.3 Å². The van der Waals surface area contributed by atoms with Crippen LogP contribution in [0.5, 0.6) is 5.75 Å². The summed E-state index contributed by atoms with van der Waals surface area (Å²) in [5, 5.41) is 13.5. The minimum atomic E-state index is 0.201. The number of methoxy groups -OCH3 is 1. The number of fused-ring (bicyclic) bond motifs is 2. The van der Waals surface area contributed by atoms with Crippen LogP contribution in [-0.2, 0) is 4.79 Å². The Morgan fingerprint density at radius 1 is 1.23 bits per heavy atom. The molecule has 35 heavy (non-hydrogen) atoms. The Morgan fingerprint density at radius 3 is 2.69 bits per heavy atom. The highest BCUT2D eigenvalue weighted by molar-refractivity contribution is 5.89. The normalized spacial score (nSPS) is 15.1. The van der Waals surface area contributed by atoms with Gasteiger partial charge in [0.1, 0.15) is 6.33 Å². The predicted octanol–water partition coefficient (Wildman–Crippen LogP) is 3.67. The summed E-state index contributed by atoms with van der Waals surface area (Å²) in [6.45, 7) is 6.44. The van der Waals surface area contributed by atoms with E-state index in [0.29, 0.717) is 29.8 Å². The van der Waals surface area contributed by atoms with Gasteiger partial charge in [-0.05, 0) is 62.2 Å². The van der Waals surface area contributed by atoms with Crippen LogP contribution in [0, 0.1) is 0 Å². The van der Waals surface area contributed by atoms with E-state index in [1.807, 2.05) is 36.2 Å². The van der Waals surface area contributed by atoms with E-state index in [1.54, 1.807) is 11.6 Å². The van der Waals surface area contributed by atoms with Crippen LogP contribution < -0.4 is 4.74 Å². The molecule has 0 spiro atoms. The average Bonchev–Trinajstić information content (AvgIpc) is 3.49. The molecule has 9 nitrogen and oxygen atoms in total. The van der Waals surface area contributed by atoms with Gasteiger partial charge >= 0.3 is 0 Å². The number of carbonyl (C=O) groups is 1. The quantitative estimate of drug-likeness (QED) is 0.458. The predicted molar refractivity (Wildman–Crippen MR) is 136 cm³/mol. The molecule has 0 atom stereocenters. The maximum absolute atomic E-state index is 12.5.